The molecule has 2 aromatic heterocycles. The molecule has 0 unspecified atom stereocenters. The number of halogens is 1. The summed E-state index contributed by atoms with van der Waals surface area (Å²) in [4.78, 5) is 34.1. The molecule has 7 nitrogen and oxygen atoms in total. The van der Waals surface area contributed by atoms with Crippen molar-refractivity contribution in [2.45, 2.75) is 59.1 Å². The summed E-state index contributed by atoms with van der Waals surface area (Å²) in [5.74, 6) is -0.351. The van der Waals surface area contributed by atoms with Gasteiger partial charge in [-0.1, -0.05) is 6.92 Å². The summed E-state index contributed by atoms with van der Waals surface area (Å²) in [7, 11) is 0. The van der Waals surface area contributed by atoms with Crippen LogP contribution in [0.3, 0.4) is 0 Å². The van der Waals surface area contributed by atoms with Crippen molar-refractivity contribution >= 4 is 23.1 Å². The second kappa shape index (κ2) is 8.98. The highest BCUT2D eigenvalue weighted by molar-refractivity contribution is 5.96. The molecule has 1 aliphatic heterocycles. The number of fused-ring (bicyclic) bond motifs is 1. The Kier molecular flexibility index (Phi) is 6.34. The van der Waals surface area contributed by atoms with Crippen LogP contribution in [0.5, 0.6) is 0 Å². The molecule has 0 radical (unpaired) electrons. The van der Waals surface area contributed by atoms with Crippen LogP contribution in [-0.4, -0.2) is 57.6 Å². The van der Waals surface area contributed by atoms with E-state index >= 15 is 0 Å². The van der Waals surface area contributed by atoms with Gasteiger partial charge in [-0.2, -0.15) is 0 Å². The molecule has 1 aromatic carbocycles. The first-order chi connectivity index (χ1) is 16.4. The number of carbonyl (C=O) groups excluding carboxylic acids is 2. The average molecular weight is 482 g/mol. The van der Waals surface area contributed by atoms with Crippen molar-refractivity contribution in [2.75, 3.05) is 19.6 Å². The number of aromatic nitrogens is 1. The SMILES string of the molecule is CCc1cc(-c2ccc(F)cc2)nc2cc(C(=O)N3CCN(C(=O)OC(C)(C)C)CC3(C)C)oc12. The second-order valence-corrected chi connectivity index (χ2v) is 10.5. The topological polar surface area (TPSA) is 75.9 Å². The number of rotatable bonds is 3. The number of furan rings is 1. The van der Waals surface area contributed by atoms with Gasteiger partial charge in [0.15, 0.2) is 11.3 Å². The van der Waals surface area contributed by atoms with Gasteiger partial charge < -0.3 is 19.0 Å². The molecule has 0 aliphatic carbocycles. The first kappa shape index (κ1) is 24.7. The fourth-order valence-corrected chi connectivity index (χ4v) is 4.37. The van der Waals surface area contributed by atoms with E-state index in [1.807, 2.05) is 47.6 Å². The highest BCUT2D eigenvalue weighted by atomic mass is 19.1. The smallest absolute Gasteiger partial charge is 0.410 e. The third-order valence-electron chi connectivity index (χ3n) is 6.09. The molecule has 3 aromatic rings. The maximum absolute atomic E-state index is 13.5. The minimum atomic E-state index is -0.620. The number of benzene rings is 1. The van der Waals surface area contributed by atoms with Crippen LogP contribution in [0, 0.1) is 5.82 Å². The van der Waals surface area contributed by atoms with Gasteiger partial charge in [0.2, 0.25) is 0 Å². The fraction of sp³-hybridized carbons (Fsp3) is 0.444. The number of hydrogen-bond acceptors (Lipinski definition) is 5. The van der Waals surface area contributed by atoms with Crippen LogP contribution in [0.1, 0.15) is 57.7 Å². The summed E-state index contributed by atoms with van der Waals surface area (Å²) in [5, 5.41) is 0. The summed E-state index contributed by atoms with van der Waals surface area (Å²) in [6.45, 7) is 12.4. The van der Waals surface area contributed by atoms with Gasteiger partial charge in [-0.25, -0.2) is 14.2 Å². The molecular formula is C27H32FN3O4. The zero-order chi connectivity index (χ0) is 25.5. The van der Waals surface area contributed by atoms with E-state index < -0.39 is 11.1 Å². The summed E-state index contributed by atoms with van der Waals surface area (Å²) in [6, 6.07) is 9.74. The predicted molar refractivity (Wildman–Crippen MR) is 132 cm³/mol. The first-order valence-electron chi connectivity index (χ1n) is 11.9. The van der Waals surface area contributed by atoms with Crippen molar-refractivity contribution in [3.63, 3.8) is 0 Å². The van der Waals surface area contributed by atoms with Crippen molar-refractivity contribution < 1.29 is 23.1 Å². The third-order valence-corrected chi connectivity index (χ3v) is 6.09. The Labute approximate surface area is 204 Å². The van der Waals surface area contributed by atoms with Crippen LogP contribution in [0.2, 0.25) is 0 Å². The van der Waals surface area contributed by atoms with E-state index in [-0.39, 0.29) is 23.6 Å². The van der Waals surface area contributed by atoms with Crippen LogP contribution in [-0.2, 0) is 11.2 Å². The molecule has 0 spiro atoms. The van der Waals surface area contributed by atoms with E-state index in [0.29, 0.717) is 42.8 Å². The number of carbonyl (C=O) groups is 2. The molecule has 1 aliphatic rings. The monoisotopic (exact) mass is 481 g/mol. The number of nitrogens with zero attached hydrogens (tertiary/aromatic N) is 3. The zero-order valence-electron chi connectivity index (χ0n) is 21.1. The Morgan fingerprint density at radius 2 is 1.83 bits per heavy atom. The zero-order valence-corrected chi connectivity index (χ0v) is 21.1. The molecule has 0 N–H and O–H groups in total. The molecule has 2 amide bonds. The number of hydrogen-bond donors (Lipinski definition) is 0. The van der Waals surface area contributed by atoms with Gasteiger partial charge in [-0.05, 0) is 76.9 Å². The first-order valence-corrected chi connectivity index (χ1v) is 11.9. The standard InChI is InChI=1S/C27H32FN3O4/c1-7-17-14-20(18-8-10-19(28)11-9-18)29-21-15-22(34-23(17)21)24(32)31-13-12-30(16-27(31,5)6)25(33)35-26(2,3)4/h8-11,14-15H,7,12-13,16H2,1-6H3. The van der Waals surface area contributed by atoms with Gasteiger partial charge in [0, 0.05) is 31.3 Å². The average Bonchev–Trinajstić information content (AvgIpc) is 3.21. The van der Waals surface area contributed by atoms with Crippen LogP contribution < -0.4 is 0 Å². The third kappa shape index (κ3) is 5.16. The van der Waals surface area contributed by atoms with Gasteiger partial charge in [-0.15, -0.1) is 0 Å². The lowest BCUT2D eigenvalue weighted by Crippen LogP contribution is -2.62. The Balaban J connectivity index is 1.60. The van der Waals surface area contributed by atoms with Crippen molar-refractivity contribution in [1.82, 2.24) is 14.8 Å². The molecule has 1 fully saturated rings. The minimum absolute atomic E-state index is 0.206. The van der Waals surface area contributed by atoms with Crippen LogP contribution >= 0.6 is 0 Å². The van der Waals surface area contributed by atoms with E-state index in [4.69, 9.17) is 9.15 Å². The van der Waals surface area contributed by atoms with Gasteiger partial charge in [0.05, 0.1) is 11.2 Å². The fourth-order valence-electron chi connectivity index (χ4n) is 4.37. The summed E-state index contributed by atoms with van der Waals surface area (Å²) in [6.07, 6.45) is 0.306. The molecule has 8 heteroatoms. The summed E-state index contributed by atoms with van der Waals surface area (Å²) in [5.41, 5.74) is 2.36. The molecule has 186 valence electrons. The van der Waals surface area contributed by atoms with E-state index in [0.717, 1.165) is 11.1 Å². The summed E-state index contributed by atoms with van der Waals surface area (Å²) < 4.78 is 24.9. The molecule has 1 saturated heterocycles. The van der Waals surface area contributed by atoms with E-state index in [9.17, 15) is 14.0 Å². The Hall–Kier alpha value is -3.42. The Morgan fingerprint density at radius 1 is 1.14 bits per heavy atom. The molecule has 0 bridgehead atoms. The van der Waals surface area contributed by atoms with Gasteiger partial charge in [-0.3, -0.25) is 4.79 Å². The quantitative estimate of drug-likeness (QED) is 0.482. The van der Waals surface area contributed by atoms with Crippen molar-refractivity contribution in [2.24, 2.45) is 0 Å². The molecule has 0 atom stereocenters. The highest BCUT2D eigenvalue weighted by Gasteiger charge is 2.40. The molecule has 3 heterocycles. The van der Waals surface area contributed by atoms with E-state index in [2.05, 4.69) is 4.98 Å². The van der Waals surface area contributed by atoms with Gasteiger partial charge in [0.1, 0.15) is 16.9 Å². The minimum Gasteiger partial charge on any atom is -0.449 e. The van der Waals surface area contributed by atoms with Crippen LogP contribution in [0.25, 0.3) is 22.4 Å². The number of amides is 2. The molecule has 4 rings (SSSR count). The lowest BCUT2D eigenvalue weighted by Gasteiger charge is -2.46. The Bertz CT molecular complexity index is 1260. The normalized spacial score (nSPS) is 16.0. The number of pyridine rings is 1. The number of piperazine rings is 1. The number of ether oxygens (including phenoxy) is 1. The lowest BCUT2D eigenvalue weighted by atomic mass is 9.98. The largest absolute Gasteiger partial charge is 0.449 e. The lowest BCUT2D eigenvalue weighted by molar-refractivity contribution is -0.0117. The summed E-state index contributed by atoms with van der Waals surface area (Å²) >= 11 is 0. The molecular weight excluding hydrogens is 449 g/mol. The van der Waals surface area contributed by atoms with Crippen molar-refractivity contribution in [3.8, 4) is 11.3 Å². The Morgan fingerprint density at radius 3 is 2.43 bits per heavy atom. The second-order valence-electron chi connectivity index (χ2n) is 10.5. The van der Waals surface area contributed by atoms with Crippen molar-refractivity contribution in [3.05, 3.63) is 53.5 Å². The molecule has 0 saturated carbocycles. The van der Waals surface area contributed by atoms with Gasteiger partial charge in [0.25, 0.3) is 5.91 Å². The number of aryl methyl sites for hydroxylation is 1. The maximum Gasteiger partial charge on any atom is 0.410 e. The van der Waals surface area contributed by atoms with Crippen LogP contribution in [0.15, 0.2) is 40.8 Å². The van der Waals surface area contributed by atoms with Crippen LogP contribution in [0.4, 0.5) is 9.18 Å². The van der Waals surface area contributed by atoms with Crippen molar-refractivity contribution in [1.29, 1.82) is 0 Å². The van der Waals surface area contributed by atoms with E-state index in [1.54, 1.807) is 28.0 Å². The predicted octanol–water partition coefficient (Wildman–Crippen LogP) is 5.67. The van der Waals surface area contributed by atoms with Gasteiger partial charge >= 0.3 is 6.09 Å². The maximum atomic E-state index is 13.5. The molecule has 35 heavy (non-hydrogen) atoms. The van der Waals surface area contributed by atoms with E-state index in [1.165, 1.54) is 12.1 Å². The highest BCUT2D eigenvalue weighted by Crippen LogP contribution is 2.30.